The van der Waals surface area contributed by atoms with Crippen LogP contribution in [-0.4, -0.2) is 115 Å². The highest BCUT2D eigenvalue weighted by Gasteiger charge is 2.47. The Kier molecular flexibility index (Phi) is 10.7. The van der Waals surface area contributed by atoms with Crippen molar-refractivity contribution in [2.45, 2.75) is 63.8 Å². The zero-order valence-corrected chi connectivity index (χ0v) is 24.2. The minimum Gasteiger partial charge on any atom is -0.493 e. The molecule has 0 spiro atoms. The minimum absolute atomic E-state index is 0.0143. The lowest BCUT2D eigenvalue weighted by Crippen LogP contribution is -2.50. The van der Waals surface area contributed by atoms with E-state index in [1.165, 1.54) is 0 Å². The Bertz CT molecular complexity index is 1040. The summed E-state index contributed by atoms with van der Waals surface area (Å²) < 4.78 is 5.68. The van der Waals surface area contributed by atoms with E-state index in [2.05, 4.69) is 17.9 Å². The minimum atomic E-state index is -0.852. The largest absolute Gasteiger partial charge is 0.493 e. The molecule has 4 rings (SSSR count). The van der Waals surface area contributed by atoms with Crippen LogP contribution in [0.25, 0.3) is 0 Å². The van der Waals surface area contributed by atoms with Crippen molar-refractivity contribution in [3.8, 4) is 5.75 Å². The van der Waals surface area contributed by atoms with Gasteiger partial charge in [0.05, 0.1) is 19.1 Å². The smallest absolute Gasteiger partial charge is 0.319 e. The number of nitrogens with two attached hydrogens (primary N) is 1. The molecular formula is C30H47N5O5. The van der Waals surface area contributed by atoms with Gasteiger partial charge >= 0.3 is 12.0 Å². The van der Waals surface area contributed by atoms with Crippen LogP contribution < -0.4 is 10.5 Å². The van der Waals surface area contributed by atoms with Crippen LogP contribution in [0, 0.1) is 5.92 Å². The average molecular weight is 558 g/mol. The first kappa shape index (κ1) is 30.1. The number of benzene rings is 1. The highest BCUT2D eigenvalue weighted by molar-refractivity contribution is 5.79. The molecule has 0 aliphatic carbocycles. The molecule has 3 unspecified atom stereocenters. The molecule has 3 aliphatic heterocycles. The number of hydrogen-bond donors (Lipinski definition) is 2. The number of carboxylic acids is 1. The van der Waals surface area contributed by atoms with Gasteiger partial charge in [0, 0.05) is 64.7 Å². The maximum Gasteiger partial charge on any atom is 0.319 e. The Morgan fingerprint density at radius 3 is 2.73 bits per heavy atom. The molecule has 3 heterocycles. The molecule has 0 saturated carbocycles. The second-order valence-corrected chi connectivity index (χ2v) is 11.5. The Labute approximate surface area is 238 Å². The van der Waals surface area contributed by atoms with E-state index in [1.807, 2.05) is 21.9 Å². The lowest BCUT2D eigenvalue weighted by molar-refractivity contribution is -0.144. The van der Waals surface area contributed by atoms with E-state index in [1.54, 1.807) is 11.9 Å². The van der Waals surface area contributed by atoms with Crippen molar-refractivity contribution < 1.29 is 24.2 Å². The second kappa shape index (κ2) is 14.2. The summed E-state index contributed by atoms with van der Waals surface area (Å²) in [5.41, 5.74) is 7.79. The third kappa shape index (κ3) is 7.07. The van der Waals surface area contributed by atoms with Crippen LogP contribution in [0.3, 0.4) is 0 Å². The average Bonchev–Trinajstić information content (AvgIpc) is 3.55. The van der Waals surface area contributed by atoms with E-state index < -0.39 is 11.9 Å². The molecule has 0 aromatic heterocycles. The number of carboxylic acid groups (broad SMARTS) is 1. The van der Waals surface area contributed by atoms with Crippen LogP contribution >= 0.6 is 0 Å². The molecule has 0 radical (unpaired) electrons. The number of aliphatic carboxylic acids is 1. The van der Waals surface area contributed by atoms with Crippen LogP contribution in [0.1, 0.15) is 62.5 Å². The lowest BCUT2D eigenvalue weighted by Gasteiger charge is -2.35. The molecule has 40 heavy (non-hydrogen) atoms. The first-order chi connectivity index (χ1) is 19.3. The third-order valence-electron chi connectivity index (χ3n) is 8.74. The monoisotopic (exact) mass is 557 g/mol. The van der Waals surface area contributed by atoms with Gasteiger partial charge in [-0.3, -0.25) is 14.5 Å². The summed E-state index contributed by atoms with van der Waals surface area (Å²) in [6, 6.07) is 5.66. The van der Waals surface area contributed by atoms with Gasteiger partial charge in [-0.05, 0) is 55.8 Å². The molecule has 10 nitrogen and oxygen atoms in total. The van der Waals surface area contributed by atoms with Crippen molar-refractivity contribution in [2.24, 2.45) is 11.7 Å². The van der Waals surface area contributed by atoms with Gasteiger partial charge in [0.2, 0.25) is 5.91 Å². The van der Waals surface area contributed by atoms with Crippen LogP contribution in [0.5, 0.6) is 5.75 Å². The summed E-state index contributed by atoms with van der Waals surface area (Å²) in [5.74, 6) is -0.866. The molecule has 3 atom stereocenters. The Hall–Kier alpha value is -2.85. The summed E-state index contributed by atoms with van der Waals surface area (Å²) in [4.78, 5) is 46.8. The van der Waals surface area contributed by atoms with Gasteiger partial charge in [-0.25, -0.2) is 4.79 Å². The maximum atomic E-state index is 13.6. The van der Waals surface area contributed by atoms with E-state index in [9.17, 15) is 19.5 Å². The van der Waals surface area contributed by atoms with E-state index >= 15 is 0 Å². The first-order valence-electron chi connectivity index (χ1n) is 15.0. The number of carbonyl (C=O) groups is 3. The molecule has 2 fully saturated rings. The summed E-state index contributed by atoms with van der Waals surface area (Å²) in [6.07, 6.45) is 5.88. The second-order valence-electron chi connectivity index (χ2n) is 11.5. The number of nitrogens with zero attached hydrogens (tertiary/aromatic N) is 4. The molecule has 1 aromatic rings. The van der Waals surface area contributed by atoms with Gasteiger partial charge < -0.3 is 30.3 Å². The number of amides is 3. The van der Waals surface area contributed by atoms with Crippen molar-refractivity contribution in [1.82, 2.24) is 19.6 Å². The van der Waals surface area contributed by atoms with Gasteiger partial charge in [0.25, 0.3) is 0 Å². The fourth-order valence-electron chi connectivity index (χ4n) is 6.49. The Morgan fingerprint density at radius 2 is 1.98 bits per heavy atom. The summed E-state index contributed by atoms with van der Waals surface area (Å²) >= 11 is 0. The highest BCUT2D eigenvalue weighted by atomic mass is 16.5. The van der Waals surface area contributed by atoms with E-state index in [-0.39, 0.29) is 30.4 Å². The van der Waals surface area contributed by atoms with Crippen molar-refractivity contribution in [3.05, 3.63) is 29.3 Å². The van der Waals surface area contributed by atoms with Crippen LogP contribution in [-0.2, 0) is 16.0 Å². The molecule has 222 valence electrons. The van der Waals surface area contributed by atoms with Gasteiger partial charge in [0.1, 0.15) is 5.75 Å². The molecule has 2 saturated heterocycles. The van der Waals surface area contributed by atoms with Crippen molar-refractivity contribution in [1.29, 1.82) is 0 Å². The Balaban J connectivity index is 1.57. The molecular weight excluding hydrogens is 510 g/mol. The fourth-order valence-corrected chi connectivity index (χ4v) is 6.49. The third-order valence-corrected chi connectivity index (χ3v) is 8.74. The van der Waals surface area contributed by atoms with Crippen LogP contribution in [0.4, 0.5) is 4.79 Å². The first-order valence-corrected chi connectivity index (χ1v) is 15.0. The standard InChI is InChI=1S/C30H47N5O5/c1-3-4-14-33(15-6-5-12-31)27(36)21-35-20-24(22-8-9-26-23(19-22)11-18-40-26)28(29(37)38)25(35)10-17-34-16-7-13-32(2)30(34)39/h8-9,19,24-25,28H,3-7,10-18,20-21,31H2,1-2H3,(H,37,38). The topological polar surface area (TPSA) is 120 Å². The zero-order chi connectivity index (χ0) is 28.6. The van der Waals surface area contributed by atoms with Gasteiger partial charge in [-0.1, -0.05) is 25.5 Å². The predicted molar refractivity (Wildman–Crippen MR) is 153 cm³/mol. The summed E-state index contributed by atoms with van der Waals surface area (Å²) in [7, 11) is 1.80. The van der Waals surface area contributed by atoms with E-state index in [4.69, 9.17) is 10.5 Å². The number of ether oxygens (including phenoxy) is 1. The van der Waals surface area contributed by atoms with Crippen LogP contribution in [0.15, 0.2) is 18.2 Å². The van der Waals surface area contributed by atoms with Gasteiger partial charge in [-0.15, -0.1) is 0 Å². The van der Waals surface area contributed by atoms with Crippen molar-refractivity contribution in [2.75, 3.05) is 66.0 Å². The molecule has 0 bridgehead atoms. The molecule has 3 amide bonds. The molecule has 3 N–H and O–H groups in total. The van der Waals surface area contributed by atoms with Crippen molar-refractivity contribution in [3.63, 3.8) is 0 Å². The normalized spacial score (nSPS) is 22.9. The van der Waals surface area contributed by atoms with E-state index in [0.29, 0.717) is 52.3 Å². The number of urea groups is 1. The van der Waals surface area contributed by atoms with Gasteiger partial charge in [-0.2, -0.15) is 0 Å². The lowest BCUT2D eigenvalue weighted by atomic mass is 9.83. The maximum absolute atomic E-state index is 13.6. The zero-order valence-electron chi connectivity index (χ0n) is 24.2. The number of likely N-dealkylation sites (tertiary alicyclic amines) is 1. The SMILES string of the molecule is CCCCN(CCCCN)C(=O)CN1CC(c2ccc3c(c2)CCO3)C(C(=O)O)C1CCN1CCCN(C)C1=O. The number of hydrogen-bond acceptors (Lipinski definition) is 6. The highest BCUT2D eigenvalue weighted by Crippen LogP contribution is 2.41. The quantitative estimate of drug-likeness (QED) is 0.338. The number of rotatable bonds is 14. The van der Waals surface area contributed by atoms with E-state index in [0.717, 1.165) is 61.9 Å². The summed E-state index contributed by atoms with van der Waals surface area (Å²) in [6.45, 7) is 7.28. The predicted octanol–water partition coefficient (Wildman–Crippen LogP) is 2.61. The summed E-state index contributed by atoms with van der Waals surface area (Å²) in [5, 5.41) is 10.5. The number of fused-ring (bicyclic) bond motifs is 1. The molecule has 3 aliphatic rings. The fraction of sp³-hybridized carbons (Fsp3) is 0.700. The molecule has 1 aromatic carbocycles. The van der Waals surface area contributed by atoms with Crippen molar-refractivity contribution >= 4 is 17.9 Å². The number of unbranched alkanes of at least 4 members (excludes halogenated alkanes) is 2. The molecule has 10 heteroatoms. The number of carbonyl (C=O) groups excluding carboxylic acids is 2. The Morgan fingerprint density at radius 1 is 1.18 bits per heavy atom. The van der Waals surface area contributed by atoms with Crippen LogP contribution in [0.2, 0.25) is 0 Å². The van der Waals surface area contributed by atoms with Gasteiger partial charge in [0.15, 0.2) is 0 Å².